The van der Waals surface area contributed by atoms with E-state index in [1.807, 2.05) is 17.9 Å². The van der Waals surface area contributed by atoms with Crippen LogP contribution in [0.2, 0.25) is 0 Å². The molecule has 4 nitrogen and oxygen atoms in total. The van der Waals surface area contributed by atoms with Crippen molar-refractivity contribution in [1.29, 1.82) is 0 Å². The number of hydrogen-bond donors (Lipinski definition) is 2. The van der Waals surface area contributed by atoms with Crippen LogP contribution in [0, 0.1) is 29.6 Å². The third-order valence-electron chi connectivity index (χ3n) is 6.19. The summed E-state index contributed by atoms with van der Waals surface area (Å²) in [4.78, 5) is 0. The molecule has 1 unspecified atom stereocenters. The maximum Gasteiger partial charge on any atom is 0.0522 e. The molecular formula is C16H26N4. The van der Waals surface area contributed by atoms with E-state index in [0.717, 1.165) is 36.0 Å². The van der Waals surface area contributed by atoms with E-state index in [-0.39, 0.29) is 0 Å². The normalized spacial score (nSPS) is 40.2. The first kappa shape index (κ1) is 12.8. The molecular weight excluding hydrogens is 248 g/mol. The quantitative estimate of drug-likeness (QED) is 0.651. The maximum absolute atomic E-state index is 5.93. The first-order valence-corrected chi connectivity index (χ1v) is 8.16. The number of rotatable bonds is 4. The number of hydrazine groups is 1. The highest BCUT2D eigenvalue weighted by Crippen LogP contribution is 2.57. The van der Waals surface area contributed by atoms with Gasteiger partial charge in [-0.1, -0.05) is 0 Å². The summed E-state index contributed by atoms with van der Waals surface area (Å²) >= 11 is 0. The fourth-order valence-electron chi connectivity index (χ4n) is 5.76. The van der Waals surface area contributed by atoms with Crippen molar-refractivity contribution in [2.24, 2.45) is 42.5 Å². The molecule has 4 bridgehead atoms. The van der Waals surface area contributed by atoms with Crippen molar-refractivity contribution in [3.8, 4) is 0 Å². The van der Waals surface area contributed by atoms with Crippen molar-refractivity contribution < 1.29 is 0 Å². The first-order valence-electron chi connectivity index (χ1n) is 8.16. The number of hydrogen-bond acceptors (Lipinski definition) is 3. The Morgan fingerprint density at radius 3 is 2.40 bits per heavy atom. The second-order valence-electron chi connectivity index (χ2n) is 7.51. The molecule has 1 aromatic heterocycles. The van der Waals surface area contributed by atoms with E-state index in [1.165, 1.54) is 37.7 Å². The Labute approximate surface area is 121 Å². The van der Waals surface area contributed by atoms with Gasteiger partial charge in [0.1, 0.15) is 0 Å². The molecule has 0 aliphatic heterocycles. The summed E-state index contributed by atoms with van der Waals surface area (Å²) < 4.78 is 1.89. The van der Waals surface area contributed by atoms with Gasteiger partial charge in [0.05, 0.1) is 6.20 Å². The van der Waals surface area contributed by atoms with Crippen molar-refractivity contribution in [3.63, 3.8) is 0 Å². The van der Waals surface area contributed by atoms with Gasteiger partial charge in [-0.2, -0.15) is 5.10 Å². The van der Waals surface area contributed by atoms with Crippen molar-refractivity contribution in [1.82, 2.24) is 15.2 Å². The first-order chi connectivity index (χ1) is 9.72. The summed E-state index contributed by atoms with van der Waals surface area (Å²) in [5.74, 6) is 10.6. The third-order valence-corrected chi connectivity index (χ3v) is 6.19. The van der Waals surface area contributed by atoms with E-state index in [4.69, 9.17) is 5.84 Å². The maximum atomic E-state index is 5.93. The molecule has 0 amide bonds. The molecule has 4 saturated carbocycles. The van der Waals surface area contributed by atoms with Gasteiger partial charge in [-0.15, -0.1) is 0 Å². The summed E-state index contributed by atoms with van der Waals surface area (Å²) in [5, 5.41) is 4.29. The molecule has 4 fully saturated rings. The zero-order chi connectivity index (χ0) is 13.7. The predicted octanol–water partition coefficient (Wildman–Crippen LogP) is 1.87. The van der Waals surface area contributed by atoms with Crippen LogP contribution in [0.4, 0.5) is 0 Å². The second kappa shape index (κ2) is 4.85. The molecule has 4 aliphatic carbocycles. The summed E-state index contributed by atoms with van der Waals surface area (Å²) in [6, 6.07) is 0.425. The fraction of sp³-hybridized carbons (Fsp3) is 0.812. The van der Waals surface area contributed by atoms with Crippen LogP contribution < -0.4 is 11.3 Å². The lowest BCUT2D eigenvalue weighted by molar-refractivity contribution is -0.0517. The lowest BCUT2D eigenvalue weighted by Gasteiger charge is -2.56. The molecule has 110 valence electrons. The van der Waals surface area contributed by atoms with E-state index < -0.39 is 0 Å². The largest absolute Gasteiger partial charge is 0.276 e. The van der Waals surface area contributed by atoms with Gasteiger partial charge in [-0.3, -0.25) is 16.0 Å². The van der Waals surface area contributed by atoms with Crippen LogP contribution in [0.15, 0.2) is 12.4 Å². The zero-order valence-corrected chi connectivity index (χ0v) is 12.3. The van der Waals surface area contributed by atoms with Gasteiger partial charge in [0, 0.05) is 19.3 Å². The molecule has 20 heavy (non-hydrogen) atoms. The minimum Gasteiger partial charge on any atom is -0.276 e. The van der Waals surface area contributed by atoms with Crippen LogP contribution in [0.25, 0.3) is 0 Å². The van der Waals surface area contributed by atoms with Gasteiger partial charge < -0.3 is 0 Å². The van der Waals surface area contributed by atoms with Gasteiger partial charge >= 0.3 is 0 Å². The molecule has 0 saturated heterocycles. The minimum absolute atomic E-state index is 0.425. The molecule has 1 aromatic rings. The Morgan fingerprint density at radius 2 is 1.90 bits per heavy atom. The van der Waals surface area contributed by atoms with E-state index in [2.05, 4.69) is 16.7 Å². The number of aryl methyl sites for hydroxylation is 1. The summed E-state index contributed by atoms with van der Waals surface area (Å²) in [6.07, 6.45) is 12.5. The molecule has 5 rings (SSSR count). The number of nitrogens with one attached hydrogen (secondary N) is 1. The Bertz CT molecular complexity index is 453. The number of nitrogens with zero attached hydrogens (tertiary/aromatic N) is 2. The predicted molar refractivity (Wildman–Crippen MR) is 78.6 cm³/mol. The standard InChI is InChI=1S/C16H26N4/c1-20-9-12(8-18-20)7-15(19-17)16-13-3-10-2-11(5-13)6-14(16)4-10/h8-11,13-16,19H,2-7,17H2,1H3. The van der Waals surface area contributed by atoms with Crippen LogP contribution >= 0.6 is 0 Å². The summed E-state index contributed by atoms with van der Waals surface area (Å²) in [7, 11) is 1.98. The third kappa shape index (κ3) is 2.09. The number of aromatic nitrogens is 2. The lowest BCUT2D eigenvalue weighted by atomic mass is 9.50. The van der Waals surface area contributed by atoms with E-state index >= 15 is 0 Å². The van der Waals surface area contributed by atoms with Crippen LogP contribution in [0.1, 0.15) is 37.7 Å². The monoisotopic (exact) mass is 274 g/mol. The van der Waals surface area contributed by atoms with E-state index in [0.29, 0.717) is 6.04 Å². The molecule has 1 heterocycles. The fourth-order valence-corrected chi connectivity index (χ4v) is 5.76. The Balaban J connectivity index is 1.52. The van der Waals surface area contributed by atoms with Crippen molar-refractivity contribution in [2.45, 2.75) is 44.6 Å². The smallest absolute Gasteiger partial charge is 0.0522 e. The molecule has 0 spiro atoms. The Morgan fingerprint density at radius 1 is 1.25 bits per heavy atom. The SMILES string of the molecule is Cn1cc(CC(NN)C2C3CC4CC(C3)CC2C4)cn1. The van der Waals surface area contributed by atoms with Gasteiger partial charge in [-0.25, -0.2) is 0 Å². The lowest BCUT2D eigenvalue weighted by Crippen LogP contribution is -2.55. The highest BCUT2D eigenvalue weighted by molar-refractivity contribution is 5.09. The van der Waals surface area contributed by atoms with Gasteiger partial charge in [0.25, 0.3) is 0 Å². The highest BCUT2D eigenvalue weighted by atomic mass is 15.2. The molecule has 4 heteroatoms. The highest BCUT2D eigenvalue weighted by Gasteiger charge is 2.50. The van der Waals surface area contributed by atoms with E-state index in [1.54, 1.807) is 0 Å². The molecule has 4 aliphatic rings. The molecule has 3 N–H and O–H groups in total. The average molecular weight is 274 g/mol. The summed E-state index contributed by atoms with van der Waals surface area (Å²) in [5.41, 5.74) is 4.46. The topological polar surface area (TPSA) is 55.9 Å². The van der Waals surface area contributed by atoms with Gasteiger partial charge in [0.15, 0.2) is 0 Å². The van der Waals surface area contributed by atoms with Crippen LogP contribution in [-0.4, -0.2) is 15.8 Å². The zero-order valence-electron chi connectivity index (χ0n) is 12.3. The summed E-state index contributed by atoms with van der Waals surface area (Å²) in [6.45, 7) is 0. The van der Waals surface area contributed by atoms with Crippen molar-refractivity contribution in [3.05, 3.63) is 18.0 Å². The van der Waals surface area contributed by atoms with Crippen molar-refractivity contribution >= 4 is 0 Å². The second-order valence-corrected chi connectivity index (χ2v) is 7.51. The van der Waals surface area contributed by atoms with Gasteiger partial charge in [0.2, 0.25) is 0 Å². The minimum atomic E-state index is 0.425. The number of nitrogens with two attached hydrogens (primary N) is 1. The van der Waals surface area contributed by atoms with Crippen LogP contribution in [0.5, 0.6) is 0 Å². The van der Waals surface area contributed by atoms with E-state index in [9.17, 15) is 0 Å². The Kier molecular flexibility index (Phi) is 3.11. The molecule has 0 radical (unpaired) electrons. The Hall–Kier alpha value is -0.870. The average Bonchev–Trinajstić information content (AvgIpc) is 2.81. The van der Waals surface area contributed by atoms with Crippen LogP contribution in [-0.2, 0) is 13.5 Å². The van der Waals surface area contributed by atoms with Crippen LogP contribution in [0.3, 0.4) is 0 Å². The van der Waals surface area contributed by atoms with Gasteiger partial charge in [-0.05, 0) is 73.7 Å². The van der Waals surface area contributed by atoms with Crippen molar-refractivity contribution in [2.75, 3.05) is 0 Å². The molecule has 1 atom stereocenters. The molecule has 0 aromatic carbocycles.